The number of benzene rings is 1. The summed E-state index contributed by atoms with van der Waals surface area (Å²) >= 11 is 0. The average molecular weight is 281 g/mol. The van der Waals surface area contributed by atoms with Crippen LogP contribution in [-0.4, -0.2) is 30.7 Å². The second-order valence-electron chi connectivity index (χ2n) is 4.60. The summed E-state index contributed by atoms with van der Waals surface area (Å²) in [5, 5.41) is 9.53. The van der Waals surface area contributed by atoms with Crippen molar-refractivity contribution in [2.45, 2.75) is 24.7 Å². The maximum absolute atomic E-state index is 11.6. The van der Waals surface area contributed by atoms with Gasteiger partial charge in [0.25, 0.3) is 0 Å². The van der Waals surface area contributed by atoms with Crippen molar-refractivity contribution in [2.75, 3.05) is 6.26 Å². The lowest BCUT2D eigenvalue weighted by Crippen LogP contribution is -1.99. The minimum Gasteiger partial charge on any atom is -0.481 e. The smallest absolute Gasteiger partial charge is 0.303 e. The van der Waals surface area contributed by atoms with E-state index in [1.165, 1.54) is 0 Å². The summed E-state index contributed by atoms with van der Waals surface area (Å²) in [4.78, 5) is 14.0. The molecule has 0 radical (unpaired) electrons. The first-order valence-corrected chi connectivity index (χ1v) is 7.71. The molecule has 2 aromatic rings. The molecule has 5 nitrogen and oxygen atoms in total. The van der Waals surface area contributed by atoms with Crippen molar-refractivity contribution in [1.82, 2.24) is 4.98 Å². The maximum Gasteiger partial charge on any atom is 0.303 e. The van der Waals surface area contributed by atoms with E-state index in [1.807, 2.05) is 6.92 Å². The Morgan fingerprint density at radius 1 is 1.37 bits per heavy atom. The Bertz CT molecular complexity index is 743. The lowest BCUT2D eigenvalue weighted by molar-refractivity contribution is -0.136. The lowest BCUT2D eigenvalue weighted by Gasteiger charge is -2.01. The maximum atomic E-state index is 11.6. The highest BCUT2D eigenvalue weighted by Crippen LogP contribution is 2.26. The van der Waals surface area contributed by atoms with E-state index in [-0.39, 0.29) is 11.3 Å². The van der Waals surface area contributed by atoms with Crippen LogP contribution >= 0.6 is 0 Å². The molecule has 1 heterocycles. The van der Waals surface area contributed by atoms with Gasteiger partial charge in [0.1, 0.15) is 0 Å². The Balaban J connectivity index is 2.56. The highest BCUT2D eigenvalue weighted by Gasteiger charge is 2.13. The summed E-state index contributed by atoms with van der Waals surface area (Å²) in [5.74, 6) is -0.868. The van der Waals surface area contributed by atoms with E-state index in [2.05, 4.69) is 4.98 Å². The Kier molecular flexibility index (Phi) is 3.36. The molecule has 0 saturated carbocycles. The molecule has 0 unspecified atom stereocenters. The van der Waals surface area contributed by atoms with Crippen LogP contribution in [0.3, 0.4) is 0 Å². The van der Waals surface area contributed by atoms with E-state index in [9.17, 15) is 13.2 Å². The molecule has 1 aromatic carbocycles. The zero-order valence-corrected chi connectivity index (χ0v) is 11.5. The summed E-state index contributed by atoms with van der Waals surface area (Å²) in [7, 11) is -3.26. The molecule has 0 bridgehead atoms. The normalized spacial score (nSPS) is 11.9. The van der Waals surface area contributed by atoms with Crippen molar-refractivity contribution in [3.05, 3.63) is 29.5 Å². The van der Waals surface area contributed by atoms with Crippen molar-refractivity contribution < 1.29 is 18.3 Å². The highest BCUT2D eigenvalue weighted by molar-refractivity contribution is 7.90. The van der Waals surface area contributed by atoms with Gasteiger partial charge in [0.2, 0.25) is 0 Å². The van der Waals surface area contributed by atoms with Crippen LogP contribution in [0.2, 0.25) is 0 Å². The predicted molar refractivity (Wildman–Crippen MR) is 72.1 cm³/mol. The van der Waals surface area contributed by atoms with E-state index >= 15 is 0 Å². The van der Waals surface area contributed by atoms with Crippen LogP contribution in [0.5, 0.6) is 0 Å². The molecule has 0 aliphatic heterocycles. The van der Waals surface area contributed by atoms with Gasteiger partial charge < -0.3 is 10.1 Å². The zero-order valence-electron chi connectivity index (χ0n) is 10.7. The largest absolute Gasteiger partial charge is 0.481 e. The molecule has 0 saturated heterocycles. The van der Waals surface area contributed by atoms with Gasteiger partial charge in [-0.25, -0.2) is 8.42 Å². The number of carboxylic acid groups (broad SMARTS) is 1. The third-order valence-corrected chi connectivity index (χ3v) is 4.22. The molecule has 19 heavy (non-hydrogen) atoms. The number of sulfone groups is 1. The molecular weight excluding hydrogens is 266 g/mol. The van der Waals surface area contributed by atoms with Crippen LogP contribution in [0.4, 0.5) is 0 Å². The fraction of sp³-hybridized carbons (Fsp3) is 0.308. The quantitative estimate of drug-likeness (QED) is 0.896. The molecule has 102 valence electrons. The Labute approximate surface area is 111 Å². The molecule has 0 atom stereocenters. The van der Waals surface area contributed by atoms with Crippen molar-refractivity contribution in [1.29, 1.82) is 0 Å². The minimum atomic E-state index is -3.26. The van der Waals surface area contributed by atoms with Gasteiger partial charge in [0.05, 0.1) is 4.90 Å². The predicted octanol–water partition coefficient (Wildman–Crippen LogP) is 1.90. The topological polar surface area (TPSA) is 87.2 Å². The number of hydrogen-bond acceptors (Lipinski definition) is 3. The molecule has 0 spiro atoms. The van der Waals surface area contributed by atoms with Gasteiger partial charge in [-0.05, 0) is 37.1 Å². The van der Waals surface area contributed by atoms with Crippen molar-refractivity contribution in [3.8, 4) is 0 Å². The molecule has 1 aromatic heterocycles. The first kappa shape index (κ1) is 13.6. The van der Waals surface area contributed by atoms with E-state index in [1.54, 1.807) is 18.2 Å². The molecule has 0 fully saturated rings. The van der Waals surface area contributed by atoms with Crippen LogP contribution in [0.1, 0.15) is 17.7 Å². The summed E-state index contributed by atoms with van der Waals surface area (Å²) in [6, 6.07) is 4.86. The molecule has 2 N–H and O–H groups in total. The van der Waals surface area contributed by atoms with Crippen LogP contribution in [0.25, 0.3) is 10.9 Å². The molecule has 0 aliphatic rings. The fourth-order valence-corrected chi connectivity index (χ4v) is 2.79. The van der Waals surface area contributed by atoms with Crippen LogP contribution < -0.4 is 0 Å². The van der Waals surface area contributed by atoms with Gasteiger partial charge in [0.15, 0.2) is 9.84 Å². The Hall–Kier alpha value is -1.82. The first-order valence-electron chi connectivity index (χ1n) is 5.82. The van der Waals surface area contributed by atoms with E-state index < -0.39 is 15.8 Å². The van der Waals surface area contributed by atoms with Gasteiger partial charge in [0, 0.05) is 29.3 Å². The number of H-pyrrole nitrogens is 1. The number of carboxylic acids is 1. The lowest BCUT2D eigenvalue weighted by atomic mass is 10.1. The number of aliphatic carboxylic acids is 1. The number of aryl methyl sites for hydroxylation is 2. The van der Waals surface area contributed by atoms with Crippen molar-refractivity contribution >= 4 is 26.7 Å². The highest BCUT2D eigenvalue weighted by atomic mass is 32.2. The summed E-state index contributed by atoms with van der Waals surface area (Å²) in [6.45, 7) is 1.86. The number of aromatic nitrogens is 1. The van der Waals surface area contributed by atoms with Gasteiger partial charge in [-0.1, -0.05) is 0 Å². The average Bonchev–Trinajstić information content (AvgIpc) is 2.59. The molecule has 0 amide bonds. The Morgan fingerprint density at radius 2 is 2.05 bits per heavy atom. The summed E-state index contributed by atoms with van der Waals surface area (Å²) < 4.78 is 23.1. The van der Waals surface area contributed by atoms with Crippen LogP contribution in [0, 0.1) is 6.92 Å². The minimum absolute atomic E-state index is 0.0247. The second kappa shape index (κ2) is 4.70. The second-order valence-corrected chi connectivity index (χ2v) is 6.62. The number of rotatable bonds is 4. The number of nitrogens with one attached hydrogen (secondary N) is 1. The van der Waals surface area contributed by atoms with E-state index in [4.69, 9.17) is 5.11 Å². The van der Waals surface area contributed by atoms with E-state index in [0.29, 0.717) is 6.42 Å². The van der Waals surface area contributed by atoms with Crippen molar-refractivity contribution in [2.24, 2.45) is 0 Å². The van der Waals surface area contributed by atoms with Gasteiger partial charge >= 0.3 is 5.97 Å². The number of aromatic amines is 1. The van der Waals surface area contributed by atoms with Gasteiger partial charge in [-0.2, -0.15) is 0 Å². The number of carbonyl (C=O) groups is 1. The fourth-order valence-electron chi connectivity index (χ4n) is 2.15. The third-order valence-electron chi connectivity index (χ3n) is 3.11. The standard InChI is InChI=1S/C13H15NO4S/c1-8-10(4-6-13(15)16)11-7-9(19(2,17)18)3-5-12(11)14-8/h3,5,7,14H,4,6H2,1-2H3,(H,15,16). The zero-order chi connectivity index (χ0) is 14.2. The molecule has 6 heteroatoms. The van der Waals surface area contributed by atoms with Crippen LogP contribution in [0.15, 0.2) is 23.1 Å². The van der Waals surface area contributed by atoms with E-state index in [0.717, 1.165) is 28.4 Å². The number of hydrogen-bond donors (Lipinski definition) is 2. The Morgan fingerprint density at radius 3 is 2.63 bits per heavy atom. The van der Waals surface area contributed by atoms with Crippen molar-refractivity contribution in [3.63, 3.8) is 0 Å². The summed E-state index contributed by atoms with van der Waals surface area (Å²) in [6.07, 6.45) is 1.57. The monoisotopic (exact) mass is 281 g/mol. The van der Waals surface area contributed by atoms with Gasteiger partial charge in [-0.3, -0.25) is 4.79 Å². The van der Waals surface area contributed by atoms with Crippen LogP contribution in [-0.2, 0) is 21.1 Å². The van der Waals surface area contributed by atoms with Gasteiger partial charge in [-0.15, -0.1) is 0 Å². The molecule has 2 rings (SSSR count). The molecular formula is C13H15NO4S. The first-order chi connectivity index (χ1) is 8.79. The summed E-state index contributed by atoms with van der Waals surface area (Å²) in [5.41, 5.74) is 2.56. The SMILES string of the molecule is Cc1[nH]c2ccc(S(C)(=O)=O)cc2c1CCC(=O)O. The number of fused-ring (bicyclic) bond motifs is 1. The third kappa shape index (κ3) is 2.78. The molecule has 0 aliphatic carbocycles.